The number of benzene rings is 1. The number of pyridine rings is 1. The van der Waals surface area contributed by atoms with Gasteiger partial charge in [-0.15, -0.1) is 0 Å². The van der Waals surface area contributed by atoms with Crippen molar-refractivity contribution in [1.29, 1.82) is 5.26 Å². The fraction of sp³-hybridized carbons (Fsp3) is 0.133. The molecule has 0 spiro atoms. The number of rotatable bonds is 4. The Labute approximate surface area is 116 Å². The van der Waals surface area contributed by atoms with Gasteiger partial charge in [0, 0.05) is 24.5 Å². The minimum atomic E-state index is -0.237. The Morgan fingerprint density at radius 3 is 2.85 bits per heavy atom. The molecule has 2 rings (SSSR count). The normalized spacial score (nSPS) is 10.9. The molecule has 2 aromatic rings. The van der Waals surface area contributed by atoms with Gasteiger partial charge in [-0.05, 0) is 30.2 Å². The van der Waals surface area contributed by atoms with E-state index in [0.29, 0.717) is 24.4 Å². The van der Waals surface area contributed by atoms with Gasteiger partial charge in [0.05, 0.1) is 0 Å². The van der Waals surface area contributed by atoms with Crippen molar-refractivity contribution < 1.29 is 4.39 Å². The van der Waals surface area contributed by atoms with Crippen molar-refractivity contribution in [2.24, 2.45) is 4.99 Å². The van der Waals surface area contributed by atoms with Crippen LogP contribution in [-0.4, -0.2) is 17.4 Å². The fourth-order valence-corrected chi connectivity index (χ4v) is 1.75. The van der Waals surface area contributed by atoms with Crippen LogP contribution in [0.1, 0.15) is 11.1 Å². The third-order valence-corrected chi connectivity index (χ3v) is 2.72. The van der Waals surface area contributed by atoms with Crippen LogP contribution in [0.25, 0.3) is 0 Å². The van der Waals surface area contributed by atoms with Crippen LogP contribution in [0, 0.1) is 17.3 Å². The van der Waals surface area contributed by atoms with Crippen LogP contribution in [0.3, 0.4) is 0 Å². The molecule has 0 atom stereocenters. The Bertz CT molecular complexity index is 632. The maximum Gasteiger partial charge on any atom is 0.182 e. The second-order valence-electron chi connectivity index (χ2n) is 4.05. The quantitative estimate of drug-likeness (QED) is 0.400. The minimum absolute atomic E-state index is 0.237. The van der Waals surface area contributed by atoms with E-state index in [0.717, 1.165) is 5.56 Å². The molecule has 0 aliphatic heterocycles. The van der Waals surface area contributed by atoms with Gasteiger partial charge in [0.2, 0.25) is 0 Å². The van der Waals surface area contributed by atoms with Crippen LogP contribution in [0.15, 0.2) is 53.8 Å². The molecule has 1 N–H and O–H groups in total. The van der Waals surface area contributed by atoms with Gasteiger partial charge in [0.1, 0.15) is 11.7 Å². The van der Waals surface area contributed by atoms with E-state index >= 15 is 0 Å². The summed E-state index contributed by atoms with van der Waals surface area (Å²) in [7, 11) is 0. The summed E-state index contributed by atoms with van der Waals surface area (Å²) in [5, 5.41) is 11.3. The number of aromatic nitrogens is 1. The lowest BCUT2D eigenvalue weighted by atomic mass is 10.1. The van der Waals surface area contributed by atoms with Crippen molar-refractivity contribution >= 4 is 5.84 Å². The molecule has 0 aliphatic rings. The molecule has 20 heavy (non-hydrogen) atoms. The first-order valence-electron chi connectivity index (χ1n) is 6.14. The molecule has 100 valence electrons. The van der Waals surface area contributed by atoms with Crippen molar-refractivity contribution in [1.82, 2.24) is 10.3 Å². The van der Waals surface area contributed by atoms with E-state index in [4.69, 9.17) is 5.26 Å². The second kappa shape index (κ2) is 7.00. The highest BCUT2D eigenvalue weighted by Gasteiger charge is 2.03. The maximum absolute atomic E-state index is 13.5. The molecule has 0 amide bonds. The zero-order valence-electron chi connectivity index (χ0n) is 10.8. The molecule has 4 nitrogen and oxygen atoms in total. The predicted octanol–water partition coefficient (Wildman–Crippen LogP) is 2.28. The summed E-state index contributed by atoms with van der Waals surface area (Å²) >= 11 is 0. The number of nitrogens with zero attached hydrogens (tertiary/aromatic N) is 3. The van der Waals surface area contributed by atoms with E-state index in [1.54, 1.807) is 42.7 Å². The molecule has 0 aliphatic carbocycles. The molecule has 0 saturated carbocycles. The highest BCUT2D eigenvalue weighted by molar-refractivity contribution is 5.99. The van der Waals surface area contributed by atoms with Gasteiger partial charge in [-0.2, -0.15) is 5.26 Å². The SMILES string of the molecule is N#CNC(=NCCc1ccccc1F)c1cccnc1. The van der Waals surface area contributed by atoms with Crippen molar-refractivity contribution in [2.75, 3.05) is 6.54 Å². The molecule has 1 heterocycles. The van der Waals surface area contributed by atoms with Crippen molar-refractivity contribution in [3.63, 3.8) is 0 Å². The van der Waals surface area contributed by atoms with E-state index < -0.39 is 0 Å². The molecule has 1 aromatic heterocycles. The Morgan fingerprint density at radius 2 is 2.15 bits per heavy atom. The molecular formula is C15H13FN4. The van der Waals surface area contributed by atoms with Crippen LogP contribution < -0.4 is 5.32 Å². The standard InChI is InChI=1S/C15H13FN4/c16-14-6-2-1-4-12(14)7-9-19-15(20-11-17)13-5-3-8-18-10-13/h1-6,8,10H,7,9H2,(H,19,20). The number of nitriles is 1. The first-order chi connectivity index (χ1) is 9.81. The summed E-state index contributed by atoms with van der Waals surface area (Å²) in [4.78, 5) is 8.27. The zero-order valence-corrected chi connectivity index (χ0v) is 10.8. The zero-order chi connectivity index (χ0) is 14.2. The minimum Gasteiger partial charge on any atom is -0.277 e. The van der Waals surface area contributed by atoms with E-state index in [1.807, 2.05) is 6.19 Å². The largest absolute Gasteiger partial charge is 0.277 e. The van der Waals surface area contributed by atoms with Gasteiger partial charge >= 0.3 is 0 Å². The number of hydrogen-bond donors (Lipinski definition) is 1. The van der Waals surface area contributed by atoms with Gasteiger partial charge in [-0.1, -0.05) is 18.2 Å². The Kier molecular flexibility index (Phi) is 4.79. The number of halogens is 1. The molecule has 0 fully saturated rings. The highest BCUT2D eigenvalue weighted by Crippen LogP contribution is 2.07. The molecule has 0 unspecified atom stereocenters. The monoisotopic (exact) mass is 268 g/mol. The average molecular weight is 268 g/mol. The van der Waals surface area contributed by atoms with E-state index in [9.17, 15) is 4.39 Å². The van der Waals surface area contributed by atoms with Crippen molar-refractivity contribution in [3.8, 4) is 6.19 Å². The van der Waals surface area contributed by atoms with Gasteiger partial charge < -0.3 is 0 Å². The lowest BCUT2D eigenvalue weighted by Gasteiger charge is -2.04. The summed E-state index contributed by atoms with van der Waals surface area (Å²) in [6.07, 6.45) is 5.58. The summed E-state index contributed by atoms with van der Waals surface area (Å²) in [5.74, 6) is 0.204. The fourth-order valence-electron chi connectivity index (χ4n) is 1.75. The third-order valence-electron chi connectivity index (χ3n) is 2.72. The van der Waals surface area contributed by atoms with Crippen LogP contribution in [0.4, 0.5) is 4.39 Å². The third kappa shape index (κ3) is 3.62. The lowest BCUT2D eigenvalue weighted by molar-refractivity contribution is 0.609. The average Bonchev–Trinajstić information content (AvgIpc) is 2.49. The molecular weight excluding hydrogens is 255 g/mol. The van der Waals surface area contributed by atoms with E-state index in [2.05, 4.69) is 15.3 Å². The van der Waals surface area contributed by atoms with E-state index in [-0.39, 0.29) is 5.82 Å². The summed E-state index contributed by atoms with van der Waals surface area (Å²) in [5.41, 5.74) is 1.33. The summed E-state index contributed by atoms with van der Waals surface area (Å²) < 4.78 is 13.5. The number of aliphatic imine (C=N–C) groups is 1. The summed E-state index contributed by atoms with van der Waals surface area (Å²) in [6.45, 7) is 0.389. The lowest BCUT2D eigenvalue weighted by Crippen LogP contribution is -2.20. The molecule has 0 saturated heterocycles. The molecule has 0 radical (unpaired) electrons. The first kappa shape index (κ1) is 13.7. The number of hydrogen-bond acceptors (Lipinski definition) is 3. The second-order valence-corrected chi connectivity index (χ2v) is 4.05. The predicted molar refractivity (Wildman–Crippen MR) is 74.5 cm³/mol. The first-order valence-corrected chi connectivity index (χ1v) is 6.14. The van der Waals surface area contributed by atoms with Gasteiger partial charge in [0.25, 0.3) is 0 Å². The maximum atomic E-state index is 13.5. The Balaban J connectivity index is 2.08. The van der Waals surface area contributed by atoms with Crippen LogP contribution in [0.2, 0.25) is 0 Å². The summed E-state index contributed by atoms with van der Waals surface area (Å²) in [6, 6.07) is 10.2. The number of amidine groups is 1. The van der Waals surface area contributed by atoms with Gasteiger partial charge in [0.15, 0.2) is 6.19 Å². The van der Waals surface area contributed by atoms with Crippen LogP contribution in [-0.2, 0) is 6.42 Å². The molecule has 1 aromatic carbocycles. The van der Waals surface area contributed by atoms with E-state index in [1.165, 1.54) is 6.07 Å². The topological polar surface area (TPSA) is 61.1 Å². The molecule has 0 bridgehead atoms. The highest BCUT2D eigenvalue weighted by atomic mass is 19.1. The number of nitrogens with one attached hydrogen (secondary N) is 1. The Hall–Kier alpha value is -2.74. The van der Waals surface area contributed by atoms with Gasteiger partial charge in [-0.25, -0.2) is 4.39 Å². The van der Waals surface area contributed by atoms with Crippen LogP contribution >= 0.6 is 0 Å². The Morgan fingerprint density at radius 1 is 1.30 bits per heavy atom. The van der Waals surface area contributed by atoms with Crippen LogP contribution in [0.5, 0.6) is 0 Å². The van der Waals surface area contributed by atoms with Crippen molar-refractivity contribution in [2.45, 2.75) is 6.42 Å². The molecule has 5 heteroatoms. The van der Waals surface area contributed by atoms with Crippen molar-refractivity contribution in [3.05, 3.63) is 65.7 Å². The smallest absolute Gasteiger partial charge is 0.182 e. The van der Waals surface area contributed by atoms with Gasteiger partial charge in [-0.3, -0.25) is 15.3 Å².